The number of hydrogen-bond donors (Lipinski definition) is 2. The van der Waals surface area contributed by atoms with Crippen LogP contribution in [0.4, 0.5) is 4.79 Å². The number of carbonyl (C=O) groups is 3. The monoisotopic (exact) mass is 793 g/mol. The van der Waals surface area contributed by atoms with Gasteiger partial charge >= 0.3 is 19.2 Å². The van der Waals surface area contributed by atoms with E-state index in [2.05, 4.69) is 64.3 Å². The zero-order valence-electron chi connectivity index (χ0n) is 30.1. The third-order valence-electron chi connectivity index (χ3n) is 9.83. The van der Waals surface area contributed by atoms with E-state index in [-0.39, 0.29) is 36.9 Å². The van der Waals surface area contributed by atoms with Crippen molar-refractivity contribution in [1.29, 1.82) is 0 Å². The lowest BCUT2D eigenvalue weighted by atomic mass is 9.43. The molecule has 2 heterocycles. The summed E-state index contributed by atoms with van der Waals surface area (Å²) in [7, 11) is 0.766. The molecule has 2 N–H and O–H groups in total. The summed E-state index contributed by atoms with van der Waals surface area (Å²) in [6, 6.07) is 5.30. The molecule has 1 aromatic heterocycles. The highest BCUT2D eigenvalue weighted by molar-refractivity contribution is 14.1. The van der Waals surface area contributed by atoms with Crippen molar-refractivity contribution in [2.45, 2.75) is 124 Å². The smallest absolute Gasteiger partial charge is 0.482 e. The number of esters is 1. The maximum absolute atomic E-state index is 13.7. The largest absolute Gasteiger partial charge is 0.496 e. The van der Waals surface area contributed by atoms with E-state index in [1.165, 1.54) is 11.8 Å². The first-order valence-electron chi connectivity index (χ1n) is 16.8. The summed E-state index contributed by atoms with van der Waals surface area (Å²) in [5, 5.41) is 14.1. The van der Waals surface area contributed by atoms with Gasteiger partial charge in [0.2, 0.25) is 5.91 Å². The minimum Gasteiger partial charge on any atom is -0.496 e. The molecule has 0 unspecified atom stereocenters. The Balaban J connectivity index is 1.36. The Kier molecular flexibility index (Phi) is 10.4. The number of amides is 2. The summed E-state index contributed by atoms with van der Waals surface area (Å²) in [4.78, 5) is 39.0. The Hall–Kier alpha value is -2.92. The van der Waals surface area contributed by atoms with Crippen LogP contribution in [-0.4, -0.2) is 76.0 Å². The molecule has 5 atom stereocenters. The molecule has 268 valence electrons. The minimum atomic E-state index is -0.743. The van der Waals surface area contributed by atoms with E-state index in [9.17, 15) is 14.4 Å². The molecular weight excluding hydrogens is 744 g/mol. The van der Waals surface area contributed by atoms with Gasteiger partial charge < -0.3 is 34.2 Å². The highest BCUT2D eigenvalue weighted by atomic mass is 127. The predicted octanol–water partition coefficient (Wildman–Crippen LogP) is 4.87. The van der Waals surface area contributed by atoms with Crippen molar-refractivity contribution in [1.82, 2.24) is 25.6 Å². The second-order valence-corrected chi connectivity index (χ2v) is 17.1. The summed E-state index contributed by atoms with van der Waals surface area (Å²) in [6.07, 6.45) is 1.58. The number of para-hydroxylation sites is 1. The number of aromatic nitrogens is 3. The van der Waals surface area contributed by atoms with E-state index >= 15 is 0 Å². The van der Waals surface area contributed by atoms with Gasteiger partial charge in [-0.05, 0) is 119 Å². The number of ether oxygens (including phenoxy) is 3. The van der Waals surface area contributed by atoms with E-state index in [1.807, 2.05) is 26.8 Å². The van der Waals surface area contributed by atoms with Crippen molar-refractivity contribution < 1.29 is 37.9 Å². The van der Waals surface area contributed by atoms with E-state index in [1.54, 1.807) is 32.9 Å². The number of nitrogens with one attached hydrogen (secondary N) is 2. The Bertz CT molecular complexity index is 1590. The first kappa shape index (κ1) is 37.3. The molecule has 15 heteroatoms. The van der Waals surface area contributed by atoms with Gasteiger partial charge in [-0.15, -0.1) is 5.10 Å². The third-order valence-corrected chi connectivity index (χ3v) is 11.0. The number of nitrogens with zero attached hydrogens (tertiary/aromatic N) is 3. The lowest BCUT2D eigenvalue weighted by molar-refractivity contribution is -0.199. The van der Waals surface area contributed by atoms with Crippen LogP contribution < -0.4 is 15.4 Å². The summed E-state index contributed by atoms with van der Waals surface area (Å²) in [6.45, 7) is 17.5. The van der Waals surface area contributed by atoms with Crippen molar-refractivity contribution >= 4 is 47.7 Å². The quantitative estimate of drug-likeness (QED) is 0.194. The number of benzene rings is 1. The first-order chi connectivity index (χ1) is 22.7. The summed E-state index contributed by atoms with van der Waals surface area (Å²) in [5.74, 6) is -0.206. The Labute approximate surface area is 302 Å². The molecule has 1 saturated heterocycles. The van der Waals surface area contributed by atoms with Gasteiger partial charge in [-0.3, -0.25) is 4.79 Å². The predicted molar refractivity (Wildman–Crippen MR) is 190 cm³/mol. The molecule has 0 radical (unpaired) electrons. The van der Waals surface area contributed by atoms with Gasteiger partial charge in [0.15, 0.2) is 0 Å². The van der Waals surface area contributed by atoms with Gasteiger partial charge in [0.05, 0.1) is 31.3 Å². The Morgan fingerprint density at radius 1 is 1.10 bits per heavy atom. The molecular formula is C34H49BIN5O8. The Morgan fingerprint density at radius 2 is 1.80 bits per heavy atom. The van der Waals surface area contributed by atoms with E-state index < -0.39 is 41.9 Å². The lowest BCUT2D eigenvalue weighted by Crippen LogP contribution is -2.65. The molecule has 1 aromatic carbocycles. The van der Waals surface area contributed by atoms with Gasteiger partial charge in [-0.25, -0.2) is 14.3 Å². The topological polar surface area (TPSA) is 152 Å². The van der Waals surface area contributed by atoms with Crippen molar-refractivity contribution in [3.8, 4) is 5.75 Å². The lowest BCUT2D eigenvalue weighted by Gasteiger charge is -2.64. The van der Waals surface area contributed by atoms with Crippen molar-refractivity contribution in [3.05, 3.63) is 38.7 Å². The molecule has 6 rings (SSSR count). The fraction of sp³-hybridized carbons (Fsp3) is 0.676. The van der Waals surface area contributed by atoms with Crippen LogP contribution in [0.25, 0.3) is 0 Å². The van der Waals surface area contributed by atoms with E-state index in [4.69, 9.17) is 23.5 Å². The zero-order chi connectivity index (χ0) is 36.1. The average molecular weight is 794 g/mol. The molecule has 2 aromatic rings. The highest BCUT2D eigenvalue weighted by Gasteiger charge is 2.68. The van der Waals surface area contributed by atoms with Crippen LogP contribution in [0.1, 0.15) is 96.8 Å². The average Bonchev–Trinajstić information content (AvgIpc) is 3.52. The van der Waals surface area contributed by atoms with Gasteiger partial charge in [-0.2, -0.15) is 0 Å². The van der Waals surface area contributed by atoms with Crippen LogP contribution in [0.2, 0.25) is 0 Å². The standard InChI is InChI=1S/C34H49BIN5O8/c1-31(2,3)46-29(43)21-13-11-12-19(27(21)45-10)14-25(35-48-24-16-20-15-23(33(20,7)8)34(24,9)49-35)38-26(42)18-41-28(36)22(39-40-41)17-37-30(44)47-32(4,5)6/h11-13,20,23-25H,14-18H2,1-10H3,(H,37,44)(H,38,42)/t20-,23-,24+,25-,34-/m0/s1. The fourth-order valence-corrected chi connectivity index (χ4v) is 7.97. The van der Waals surface area contributed by atoms with Crippen molar-refractivity contribution in [2.24, 2.45) is 17.3 Å². The summed E-state index contributed by atoms with van der Waals surface area (Å²) < 4.78 is 32.2. The van der Waals surface area contributed by atoms with Gasteiger partial charge in [0, 0.05) is 0 Å². The van der Waals surface area contributed by atoms with E-state index in [0.29, 0.717) is 38.1 Å². The molecule has 0 spiro atoms. The number of rotatable bonds is 10. The van der Waals surface area contributed by atoms with Crippen LogP contribution in [0.15, 0.2) is 18.2 Å². The first-order valence-corrected chi connectivity index (χ1v) is 17.9. The number of halogens is 1. The maximum Gasteiger partial charge on any atom is 0.482 e. The second kappa shape index (κ2) is 13.7. The van der Waals surface area contributed by atoms with E-state index in [0.717, 1.165) is 12.8 Å². The number of alkyl carbamates (subject to hydrolysis) is 1. The number of methoxy groups -OCH3 is 1. The van der Waals surface area contributed by atoms with Gasteiger partial charge in [0.25, 0.3) is 0 Å². The van der Waals surface area contributed by atoms with Crippen LogP contribution >= 0.6 is 22.6 Å². The molecule has 49 heavy (non-hydrogen) atoms. The zero-order valence-corrected chi connectivity index (χ0v) is 32.3. The number of carbonyl (C=O) groups excluding carboxylic acids is 3. The maximum atomic E-state index is 13.7. The SMILES string of the molecule is COc1c(C[C@H](NC(=O)Cn2nnc(CNC(=O)OC(C)(C)C)c2I)B2O[C@@H]3C[C@@H]4C[C@@H](C4(C)C)[C@]3(C)O2)cccc1C(=O)OC(C)(C)C. The molecule has 2 amide bonds. The number of hydrogen-bond acceptors (Lipinski definition) is 10. The van der Waals surface area contributed by atoms with Crippen molar-refractivity contribution in [3.63, 3.8) is 0 Å². The fourth-order valence-electron chi connectivity index (χ4n) is 7.41. The normalized spacial score (nSPS) is 24.7. The van der Waals surface area contributed by atoms with Crippen LogP contribution in [0.3, 0.4) is 0 Å². The van der Waals surface area contributed by atoms with Crippen LogP contribution in [0.5, 0.6) is 5.75 Å². The molecule has 3 aliphatic carbocycles. The molecule has 13 nitrogen and oxygen atoms in total. The summed E-state index contributed by atoms with van der Waals surface area (Å²) >= 11 is 2.05. The minimum absolute atomic E-state index is 0.0907. The molecule has 1 aliphatic heterocycles. The molecule has 2 bridgehead atoms. The van der Waals surface area contributed by atoms with Crippen molar-refractivity contribution in [2.75, 3.05) is 7.11 Å². The second-order valence-electron chi connectivity index (χ2n) is 16.1. The van der Waals surface area contributed by atoms with Crippen LogP contribution in [0, 0.1) is 21.0 Å². The Morgan fingerprint density at radius 3 is 2.43 bits per heavy atom. The molecule has 4 fully saturated rings. The molecule has 4 aliphatic rings. The summed E-state index contributed by atoms with van der Waals surface area (Å²) in [5.41, 5.74) is -0.187. The highest BCUT2D eigenvalue weighted by Crippen LogP contribution is 2.65. The molecule has 3 saturated carbocycles. The third kappa shape index (κ3) is 8.03. The van der Waals surface area contributed by atoms with Crippen LogP contribution in [-0.2, 0) is 43.1 Å². The van der Waals surface area contributed by atoms with Gasteiger partial charge in [-0.1, -0.05) is 31.2 Å². The van der Waals surface area contributed by atoms with Gasteiger partial charge in [0.1, 0.15) is 38.5 Å².